The molecule has 0 atom stereocenters. The summed E-state index contributed by atoms with van der Waals surface area (Å²) in [5.41, 5.74) is 4.98. The standard InChI is InChI=1S/C24H23N3O2/c1-27-22-6-4-3-5-21(22)26-24(27)18-10-12-19(13-11-18)25-23(28)16-9-17-7-14-20(29-2)15-8-17/h3-8,10-15H,9,16H2,1-2H3,(H,25,28). The average molecular weight is 385 g/mol. The van der Waals surface area contributed by atoms with Crippen molar-refractivity contribution in [3.63, 3.8) is 0 Å². The number of rotatable bonds is 6. The summed E-state index contributed by atoms with van der Waals surface area (Å²) in [6.07, 6.45) is 1.12. The summed E-state index contributed by atoms with van der Waals surface area (Å²) in [5, 5.41) is 2.96. The van der Waals surface area contributed by atoms with E-state index < -0.39 is 0 Å². The number of nitrogens with zero attached hydrogens (tertiary/aromatic N) is 2. The number of anilines is 1. The van der Waals surface area contributed by atoms with E-state index >= 15 is 0 Å². The fraction of sp³-hybridized carbons (Fsp3) is 0.167. The van der Waals surface area contributed by atoms with E-state index in [1.807, 2.05) is 73.8 Å². The van der Waals surface area contributed by atoms with E-state index in [2.05, 4.69) is 16.0 Å². The molecule has 0 aliphatic carbocycles. The number of methoxy groups -OCH3 is 1. The number of nitrogens with one attached hydrogen (secondary N) is 1. The second-order valence-electron chi connectivity index (χ2n) is 6.96. The lowest BCUT2D eigenvalue weighted by Crippen LogP contribution is -2.12. The van der Waals surface area contributed by atoms with Gasteiger partial charge < -0.3 is 14.6 Å². The molecule has 4 rings (SSSR count). The number of fused-ring (bicyclic) bond motifs is 1. The third-order valence-corrected chi connectivity index (χ3v) is 5.01. The minimum atomic E-state index is -0.00343. The van der Waals surface area contributed by atoms with E-state index in [0.717, 1.165) is 39.4 Å². The largest absolute Gasteiger partial charge is 0.497 e. The molecule has 1 heterocycles. The third-order valence-electron chi connectivity index (χ3n) is 5.01. The highest BCUT2D eigenvalue weighted by atomic mass is 16.5. The van der Waals surface area contributed by atoms with Gasteiger partial charge in [0.25, 0.3) is 0 Å². The molecule has 0 fully saturated rings. The topological polar surface area (TPSA) is 56.1 Å². The Balaban J connectivity index is 1.39. The number of imidazole rings is 1. The van der Waals surface area contributed by atoms with Crippen LogP contribution in [0.5, 0.6) is 5.75 Å². The zero-order chi connectivity index (χ0) is 20.2. The van der Waals surface area contributed by atoms with Gasteiger partial charge >= 0.3 is 0 Å². The lowest BCUT2D eigenvalue weighted by molar-refractivity contribution is -0.116. The molecule has 1 amide bonds. The lowest BCUT2D eigenvalue weighted by atomic mass is 10.1. The molecule has 5 nitrogen and oxygen atoms in total. The van der Waals surface area contributed by atoms with Crippen LogP contribution in [0, 0.1) is 0 Å². The van der Waals surface area contributed by atoms with Crippen LogP contribution in [0.2, 0.25) is 0 Å². The number of para-hydroxylation sites is 2. The van der Waals surface area contributed by atoms with Gasteiger partial charge in [0.15, 0.2) is 0 Å². The predicted molar refractivity (Wildman–Crippen MR) is 116 cm³/mol. The maximum absolute atomic E-state index is 12.3. The molecule has 4 aromatic rings. The summed E-state index contributed by atoms with van der Waals surface area (Å²) < 4.78 is 7.24. The van der Waals surface area contributed by atoms with Gasteiger partial charge in [-0.3, -0.25) is 4.79 Å². The first kappa shape index (κ1) is 18.7. The molecule has 0 unspecified atom stereocenters. The van der Waals surface area contributed by atoms with Gasteiger partial charge in [0.1, 0.15) is 11.6 Å². The van der Waals surface area contributed by atoms with Crippen molar-refractivity contribution in [1.82, 2.24) is 9.55 Å². The van der Waals surface area contributed by atoms with Crippen molar-refractivity contribution in [2.45, 2.75) is 12.8 Å². The van der Waals surface area contributed by atoms with Gasteiger partial charge in [-0.05, 0) is 60.5 Å². The average Bonchev–Trinajstić information content (AvgIpc) is 3.10. The zero-order valence-corrected chi connectivity index (χ0v) is 16.6. The quantitative estimate of drug-likeness (QED) is 0.518. The summed E-state index contributed by atoms with van der Waals surface area (Å²) in [6.45, 7) is 0. The van der Waals surface area contributed by atoms with E-state index in [-0.39, 0.29) is 5.91 Å². The SMILES string of the molecule is COc1ccc(CCC(=O)Nc2ccc(-c3nc4ccccc4n3C)cc2)cc1. The van der Waals surface area contributed by atoms with E-state index in [1.54, 1.807) is 7.11 Å². The molecule has 146 valence electrons. The summed E-state index contributed by atoms with van der Waals surface area (Å²) in [6, 6.07) is 23.7. The Kier molecular flexibility index (Phi) is 5.29. The second-order valence-corrected chi connectivity index (χ2v) is 6.96. The number of hydrogen-bond acceptors (Lipinski definition) is 3. The van der Waals surface area contributed by atoms with Crippen LogP contribution in [-0.2, 0) is 18.3 Å². The Morgan fingerprint density at radius 3 is 2.41 bits per heavy atom. The summed E-state index contributed by atoms with van der Waals surface area (Å²) in [7, 11) is 3.66. The molecular weight excluding hydrogens is 362 g/mol. The number of benzene rings is 3. The molecule has 0 spiro atoms. The Morgan fingerprint density at radius 2 is 1.72 bits per heavy atom. The van der Waals surface area contributed by atoms with Gasteiger partial charge in [-0.15, -0.1) is 0 Å². The maximum atomic E-state index is 12.3. The van der Waals surface area contributed by atoms with Gasteiger partial charge in [-0.25, -0.2) is 4.98 Å². The van der Waals surface area contributed by atoms with Crippen LogP contribution in [0.1, 0.15) is 12.0 Å². The fourth-order valence-corrected chi connectivity index (χ4v) is 3.38. The normalized spacial score (nSPS) is 10.8. The molecule has 0 saturated carbocycles. The van der Waals surface area contributed by atoms with Crippen LogP contribution in [0.15, 0.2) is 72.8 Å². The molecule has 1 aromatic heterocycles. The third kappa shape index (κ3) is 4.14. The van der Waals surface area contributed by atoms with Crippen molar-refractivity contribution >= 4 is 22.6 Å². The smallest absolute Gasteiger partial charge is 0.224 e. The Hall–Kier alpha value is -3.60. The number of carbonyl (C=O) groups is 1. The molecule has 1 N–H and O–H groups in total. The van der Waals surface area contributed by atoms with Gasteiger partial charge in [-0.1, -0.05) is 24.3 Å². The molecular formula is C24H23N3O2. The van der Waals surface area contributed by atoms with E-state index in [9.17, 15) is 4.79 Å². The van der Waals surface area contributed by atoms with Crippen molar-refractivity contribution in [3.8, 4) is 17.1 Å². The van der Waals surface area contributed by atoms with Crippen molar-refractivity contribution in [2.75, 3.05) is 12.4 Å². The van der Waals surface area contributed by atoms with Crippen LogP contribution in [0.3, 0.4) is 0 Å². The zero-order valence-electron chi connectivity index (χ0n) is 16.6. The van der Waals surface area contributed by atoms with Crippen LogP contribution >= 0.6 is 0 Å². The Morgan fingerprint density at radius 1 is 1.00 bits per heavy atom. The van der Waals surface area contributed by atoms with Crippen LogP contribution in [0.4, 0.5) is 5.69 Å². The first-order valence-electron chi connectivity index (χ1n) is 9.59. The van der Waals surface area contributed by atoms with Crippen LogP contribution in [-0.4, -0.2) is 22.6 Å². The highest BCUT2D eigenvalue weighted by Gasteiger charge is 2.10. The monoisotopic (exact) mass is 385 g/mol. The molecule has 0 saturated heterocycles. The summed E-state index contributed by atoms with van der Waals surface area (Å²) in [4.78, 5) is 17.0. The maximum Gasteiger partial charge on any atom is 0.224 e. The predicted octanol–water partition coefficient (Wildman–Crippen LogP) is 4.82. The van der Waals surface area contributed by atoms with Crippen molar-refractivity contribution < 1.29 is 9.53 Å². The first-order chi connectivity index (χ1) is 14.1. The van der Waals surface area contributed by atoms with Gasteiger partial charge in [0.2, 0.25) is 5.91 Å². The van der Waals surface area contributed by atoms with E-state index in [4.69, 9.17) is 9.72 Å². The van der Waals surface area contributed by atoms with Gasteiger partial charge in [0.05, 0.1) is 18.1 Å². The second kappa shape index (κ2) is 8.19. The number of carbonyl (C=O) groups excluding carboxylic acids is 1. The molecule has 5 heteroatoms. The molecule has 0 aliphatic heterocycles. The number of aromatic nitrogens is 2. The minimum absolute atomic E-state index is 0.00343. The van der Waals surface area contributed by atoms with E-state index in [1.165, 1.54) is 0 Å². The minimum Gasteiger partial charge on any atom is -0.497 e. The number of ether oxygens (including phenoxy) is 1. The molecule has 0 bridgehead atoms. The molecule has 29 heavy (non-hydrogen) atoms. The van der Waals surface area contributed by atoms with Crippen molar-refractivity contribution in [3.05, 3.63) is 78.4 Å². The van der Waals surface area contributed by atoms with Gasteiger partial charge in [-0.2, -0.15) is 0 Å². The molecule has 3 aromatic carbocycles. The highest BCUT2D eigenvalue weighted by molar-refractivity contribution is 5.91. The number of amides is 1. The fourth-order valence-electron chi connectivity index (χ4n) is 3.38. The lowest BCUT2D eigenvalue weighted by Gasteiger charge is -2.08. The van der Waals surface area contributed by atoms with E-state index in [0.29, 0.717) is 12.8 Å². The Labute approximate surface area is 170 Å². The Bertz CT molecular complexity index is 1130. The summed E-state index contributed by atoms with van der Waals surface area (Å²) >= 11 is 0. The highest BCUT2D eigenvalue weighted by Crippen LogP contribution is 2.24. The van der Waals surface area contributed by atoms with Crippen molar-refractivity contribution in [1.29, 1.82) is 0 Å². The molecule has 0 radical (unpaired) electrons. The molecule has 0 aliphatic rings. The first-order valence-corrected chi connectivity index (χ1v) is 9.59. The number of hydrogen-bond donors (Lipinski definition) is 1. The van der Waals surface area contributed by atoms with Crippen molar-refractivity contribution in [2.24, 2.45) is 7.05 Å². The van der Waals surface area contributed by atoms with Gasteiger partial charge in [0, 0.05) is 24.7 Å². The van der Waals surface area contributed by atoms with Crippen LogP contribution in [0.25, 0.3) is 22.4 Å². The van der Waals surface area contributed by atoms with Crippen LogP contribution < -0.4 is 10.1 Å². The summed E-state index contributed by atoms with van der Waals surface area (Å²) in [5.74, 6) is 1.72. The number of aryl methyl sites for hydroxylation is 2.